The van der Waals surface area contributed by atoms with E-state index in [2.05, 4.69) is 191 Å². The minimum Gasteiger partial charge on any atom is -0.307 e. The molecule has 9 aromatic carbocycles. The second kappa shape index (κ2) is 10.4. The van der Waals surface area contributed by atoms with Crippen molar-refractivity contribution in [3.05, 3.63) is 182 Å². The molecule has 50 heavy (non-hydrogen) atoms. The van der Waals surface area contributed by atoms with E-state index in [1.54, 1.807) is 0 Å². The van der Waals surface area contributed by atoms with Crippen LogP contribution in [0.25, 0.3) is 98.4 Å². The van der Waals surface area contributed by atoms with E-state index in [0.717, 1.165) is 11.4 Å². The van der Waals surface area contributed by atoms with Crippen molar-refractivity contribution in [2.24, 2.45) is 0 Å². The summed E-state index contributed by atoms with van der Waals surface area (Å²) in [7, 11) is 0. The molecule has 0 radical (unpaired) electrons. The van der Waals surface area contributed by atoms with E-state index in [4.69, 9.17) is 0 Å². The van der Waals surface area contributed by atoms with Crippen molar-refractivity contribution in [1.29, 1.82) is 0 Å². The van der Waals surface area contributed by atoms with Gasteiger partial charge in [-0.1, -0.05) is 133 Å². The molecule has 0 bridgehead atoms. The first kappa shape index (κ1) is 27.3. The van der Waals surface area contributed by atoms with Crippen molar-refractivity contribution in [2.75, 3.05) is 0 Å². The minimum absolute atomic E-state index is 1.15. The molecular weight excluding hydrogens is 605 g/mol. The molecular formula is C48H30N2. The lowest BCUT2D eigenvalue weighted by molar-refractivity contribution is 1.15. The Hall–Kier alpha value is -6.64. The Kier molecular flexibility index (Phi) is 5.70. The summed E-state index contributed by atoms with van der Waals surface area (Å²) in [6.45, 7) is 0. The third-order valence-electron chi connectivity index (χ3n) is 10.7. The normalized spacial score (nSPS) is 12.0. The molecule has 2 nitrogen and oxygen atoms in total. The van der Waals surface area contributed by atoms with Crippen molar-refractivity contribution < 1.29 is 0 Å². The van der Waals surface area contributed by atoms with Crippen LogP contribution in [0.1, 0.15) is 0 Å². The van der Waals surface area contributed by atoms with E-state index in [-0.39, 0.29) is 0 Å². The van der Waals surface area contributed by atoms with Crippen LogP contribution in [0, 0.1) is 0 Å². The highest BCUT2D eigenvalue weighted by atomic mass is 15.0. The number of benzene rings is 9. The van der Waals surface area contributed by atoms with Gasteiger partial charge >= 0.3 is 0 Å². The van der Waals surface area contributed by atoms with Crippen LogP contribution >= 0.6 is 0 Å². The summed E-state index contributed by atoms with van der Waals surface area (Å²) in [5.74, 6) is 0. The van der Waals surface area contributed by atoms with Gasteiger partial charge in [0.15, 0.2) is 0 Å². The van der Waals surface area contributed by atoms with E-state index in [1.807, 2.05) is 0 Å². The van der Waals surface area contributed by atoms with E-state index in [0.29, 0.717) is 0 Å². The van der Waals surface area contributed by atoms with Gasteiger partial charge in [-0.3, -0.25) is 0 Å². The van der Waals surface area contributed by atoms with Crippen LogP contribution in [0.3, 0.4) is 0 Å². The first-order valence-corrected chi connectivity index (χ1v) is 17.3. The molecule has 11 rings (SSSR count). The van der Waals surface area contributed by atoms with Gasteiger partial charge in [-0.25, -0.2) is 0 Å². The predicted octanol–water partition coefficient (Wildman–Crippen LogP) is 13.0. The summed E-state index contributed by atoms with van der Waals surface area (Å²) >= 11 is 0. The highest BCUT2D eigenvalue weighted by Gasteiger charge is 2.24. The van der Waals surface area contributed by atoms with Gasteiger partial charge < -0.3 is 9.13 Å². The molecule has 0 aliphatic rings. The molecule has 0 amide bonds. The van der Waals surface area contributed by atoms with Crippen LogP contribution in [0.15, 0.2) is 182 Å². The Balaban J connectivity index is 1.37. The van der Waals surface area contributed by atoms with Crippen molar-refractivity contribution in [2.45, 2.75) is 0 Å². The van der Waals surface area contributed by atoms with E-state index in [1.165, 1.54) is 87.1 Å². The lowest BCUT2D eigenvalue weighted by Gasteiger charge is -2.15. The van der Waals surface area contributed by atoms with Crippen molar-refractivity contribution in [3.63, 3.8) is 0 Å². The molecule has 0 fully saturated rings. The number of rotatable bonds is 3. The topological polar surface area (TPSA) is 9.86 Å². The van der Waals surface area contributed by atoms with Crippen molar-refractivity contribution in [1.82, 2.24) is 9.13 Å². The second-order valence-corrected chi connectivity index (χ2v) is 13.3. The number of hydrogen-bond acceptors (Lipinski definition) is 0. The van der Waals surface area contributed by atoms with Gasteiger partial charge in [-0.05, 0) is 92.0 Å². The van der Waals surface area contributed by atoms with Crippen LogP contribution in [-0.2, 0) is 0 Å². The third kappa shape index (κ3) is 3.73. The van der Waals surface area contributed by atoms with Gasteiger partial charge in [-0.2, -0.15) is 0 Å². The van der Waals surface area contributed by atoms with Gasteiger partial charge in [0.05, 0.1) is 22.1 Å². The van der Waals surface area contributed by atoms with Gasteiger partial charge in [0, 0.05) is 32.9 Å². The quantitative estimate of drug-likeness (QED) is 0.171. The molecule has 0 atom stereocenters. The minimum atomic E-state index is 1.15. The summed E-state index contributed by atoms with van der Waals surface area (Å²) in [6.07, 6.45) is 0. The first-order chi connectivity index (χ1) is 24.8. The number of hydrogen-bond donors (Lipinski definition) is 0. The van der Waals surface area contributed by atoms with Crippen LogP contribution in [-0.4, -0.2) is 9.13 Å². The molecule has 0 aliphatic heterocycles. The second-order valence-electron chi connectivity index (χ2n) is 13.3. The summed E-state index contributed by atoms with van der Waals surface area (Å²) in [5, 5.41) is 12.7. The predicted molar refractivity (Wildman–Crippen MR) is 213 cm³/mol. The number of para-hydroxylation sites is 4. The van der Waals surface area contributed by atoms with Crippen LogP contribution in [0.2, 0.25) is 0 Å². The number of aromatic nitrogens is 2. The maximum atomic E-state index is 2.48. The van der Waals surface area contributed by atoms with Gasteiger partial charge in [-0.15, -0.1) is 0 Å². The average molecular weight is 635 g/mol. The number of nitrogens with zero attached hydrogens (tertiary/aromatic N) is 2. The van der Waals surface area contributed by atoms with Gasteiger partial charge in [0.1, 0.15) is 0 Å². The molecule has 0 saturated carbocycles. The van der Waals surface area contributed by atoms with Crippen LogP contribution in [0.4, 0.5) is 0 Å². The zero-order valence-electron chi connectivity index (χ0n) is 27.2. The summed E-state index contributed by atoms with van der Waals surface area (Å²) < 4.78 is 4.95. The molecule has 0 unspecified atom stereocenters. The number of fused-ring (bicyclic) bond motifs is 13. The molecule has 0 saturated heterocycles. The molecule has 2 heterocycles. The highest BCUT2D eigenvalue weighted by Crippen LogP contribution is 2.47. The fourth-order valence-corrected chi connectivity index (χ4v) is 8.59. The monoisotopic (exact) mass is 634 g/mol. The maximum absolute atomic E-state index is 2.48. The molecule has 232 valence electrons. The standard InChI is InChI=1S/C48H30N2/c1-3-15-32(16-4-1)49-44-25-13-11-23-39(44)43-30-41(46-40-24-12-14-26-45(40)50(48(46)47(43)49)33-17-5-2-6-18-33)31-27-28-38-36-21-8-7-19-34(36)35-20-9-10-22-37(35)42(38)29-31/h1-30H. The zero-order valence-corrected chi connectivity index (χ0v) is 27.2. The Morgan fingerprint density at radius 3 is 1.32 bits per heavy atom. The van der Waals surface area contributed by atoms with Gasteiger partial charge in [0.25, 0.3) is 0 Å². The average Bonchev–Trinajstić information content (AvgIpc) is 3.72. The smallest absolute Gasteiger partial charge is 0.0795 e. The van der Waals surface area contributed by atoms with Crippen molar-refractivity contribution in [3.8, 4) is 22.5 Å². The lowest BCUT2D eigenvalue weighted by Crippen LogP contribution is -1.99. The van der Waals surface area contributed by atoms with Crippen LogP contribution < -0.4 is 0 Å². The lowest BCUT2D eigenvalue weighted by atomic mass is 9.90. The molecule has 0 N–H and O–H groups in total. The summed E-state index contributed by atoms with van der Waals surface area (Å²) in [5.41, 5.74) is 9.60. The van der Waals surface area contributed by atoms with E-state index >= 15 is 0 Å². The fourth-order valence-electron chi connectivity index (χ4n) is 8.59. The summed E-state index contributed by atoms with van der Waals surface area (Å²) in [6, 6.07) is 66.7. The molecule has 11 aromatic rings. The molecule has 0 aliphatic carbocycles. The largest absolute Gasteiger partial charge is 0.307 e. The Bertz CT molecular complexity index is 3090. The molecule has 2 aromatic heterocycles. The van der Waals surface area contributed by atoms with Gasteiger partial charge in [0.2, 0.25) is 0 Å². The fraction of sp³-hybridized carbons (Fsp3) is 0. The summed E-state index contributed by atoms with van der Waals surface area (Å²) in [4.78, 5) is 0. The first-order valence-electron chi connectivity index (χ1n) is 17.3. The van der Waals surface area contributed by atoms with E-state index in [9.17, 15) is 0 Å². The SMILES string of the molecule is c1ccc(-n2c3ccccc3c3cc(-c4ccc5c6ccccc6c6ccccc6c5c4)c4c5ccccc5n(-c5ccccc5)c4c32)cc1. The van der Waals surface area contributed by atoms with E-state index < -0.39 is 0 Å². The third-order valence-corrected chi connectivity index (χ3v) is 10.7. The maximum Gasteiger partial charge on any atom is 0.0795 e. The molecule has 2 heteroatoms. The van der Waals surface area contributed by atoms with Crippen molar-refractivity contribution >= 4 is 75.9 Å². The molecule has 0 spiro atoms. The zero-order chi connectivity index (χ0) is 32.8. The Labute approximate surface area is 288 Å². The highest BCUT2D eigenvalue weighted by molar-refractivity contribution is 6.30. The Morgan fingerprint density at radius 1 is 0.280 bits per heavy atom. The van der Waals surface area contributed by atoms with Crippen LogP contribution in [0.5, 0.6) is 0 Å². The Morgan fingerprint density at radius 2 is 0.720 bits per heavy atom.